The molecule has 0 amide bonds. The molecule has 0 aromatic carbocycles. The van der Waals surface area contributed by atoms with Crippen LogP contribution in [0.2, 0.25) is 0 Å². The summed E-state index contributed by atoms with van der Waals surface area (Å²) in [5.41, 5.74) is 0. The van der Waals surface area contributed by atoms with E-state index >= 15 is 0 Å². The first-order valence-corrected chi connectivity index (χ1v) is 7.66. The van der Waals surface area contributed by atoms with Gasteiger partial charge in [0.15, 0.2) is 0 Å². The number of nitrogens with one attached hydrogen (secondary N) is 1. The number of fused-ring (bicyclic) bond motifs is 1. The van der Waals surface area contributed by atoms with Gasteiger partial charge in [-0.05, 0) is 24.8 Å². The van der Waals surface area contributed by atoms with Gasteiger partial charge in [0.25, 0.3) is 0 Å². The normalized spacial score (nSPS) is 12.9. The summed E-state index contributed by atoms with van der Waals surface area (Å²) in [4.78, 5) is 10.2. The lowest BCUT2D eigenvalue weighted by molar-refractivity contribution is 0.901. The standard InChI is InChI=1S/C12H17N3S2/c1-4-8(3)17-11-9-6-7-16-10(9)14-12(15-11)13-5-2/h6-8H,4-5H2,1-3H3,(H,13,14,15). The van der Waals surface area contributed by atoms with Gasteiger partial charge in [0.1, 0.15) is 9.86 Å². The lowest BCUT2D eigenvalue weighted by atomic mass is 10.4. The number of thiophene rings is 1. The minimum Gasteiger partial charge on any atom is -0.354 e. The average Bonchev–Trinajstić information content (AvgIpc) is 2.77. The van der Waals surface area contributed by atoms with Gasteiger partial charge < -0.3 is 5.32 Å². The Kier molecular flexibility index (Phi) is 4.23. The Morgan fingerprint density at radius 3 is 2.94 bits per heavy atom. The SMILES string of the molecule is CCNc1nc(SC(C)CC)c2ccsc2n1. The predicted molar refractivity (Wildman–Crippen MR) is 77.2 cm³/mol. The van der Waals surface area contributed by atoms with Gasteiger partial charge in [0.05, 0.1) is 0 Å². The molecule has 0 aliphatic carbocycles. The molecule has 0 aliphatic heterocycles. The molecule has 1 atom stereocenters. The van der Waals surface area contributed by atoms with Crippen molar-refractivity contribution in [2.24, 2.45) is 0 Å². The Hall–Kier alpha value is -0.810. The van der Waals surface area contributed by atoms with Crippen LogP contribution in [0, 0.1) is 0 Å². The molecule has 2 rings (SSSR count). The van der Waals surface area contributed by atoms with Crippen LogP contribution in [-0.4, -0.2) is 21.8 Å². The van der Waals surface area contributed by atoms with Crippen LogP contribution in [0.4, 0.5) is 5.95 Å². The molecule has 0 saturated heterocycles. The lowest BCUT2D eigenvalue weighted by Gasteiger charge is -2.10. The van der Waals surface area contributed by atoms with E-state index < -0.39 is 0 Å². The zero-order valence-corrected chi connectivity index (χ0v) is 12.0. The second-order valence-electron chi connectivity index (χ2n) is 3.86. The molecule has 0 saturated carbocycles. The number of anilines is 1. The van der Waals surface area contributed by atoms with Crippen molar-refractivity contribution in [3.63, 3.8) is 0 Å². The topological polar surface area (TPSA) is 37.8 Å². The van der Waals surface area contributed by atoms with E-state index in [1.54, 1.807) is 11.3 Å². The number of thioether (sulfide) groups is 1. The molecule has 2 heterocycles. The fraction of sp³-hybridized carbons (Fsp3) is 0.500. The molecular formula is C12H17N3S2. The van der Waals surface area contributed by atoms with Crippen molar-refractivity contribution in [1.29, 1.82) is 0 Å². The highest BCUT2D eigenvalue weighted by Crippen LogP contribution is 2.32. The maximum absolute atomic E-state index is 4.60. The molecule has 0 bridgehead atoms. The maximum atomic E-state index is 4.60. The van der Waals surface area contributed by atoms with Crippen LogP contribution in [-0.2, 0) is 0 Å². The largest absolute Gasteiger partial charge is 0.354 e. The van der Waals surface area contributed by atoms with Crippen molar-refractivity contribution in [1.82, 2.24) is 9.97 Å². The smallest absolute Gasteiger partial charge is 0.225 e. The Morgan fingerprint density at radius 2 is 2.24 bits per heavy atom. The maximum Gasteiger partial charge on any atom is 0.225 e. The third kappa shape index (κ3) is 2.90. The lowest BCUT2D eigenvalue weighted by Crippen LogP contribution is -2.03. The highest BCUT2D eigenvalue weighted by molar-refractivity contribution is 8.00. The van der Waals surface area contributed by atoms with E-state index in [-0.39, 0.29) is 0 Å². The Bertz CT molecular complexity index is 495. The van der Waals surface area contributed by atoms with Crippen molar-refractivity contribution in [3.8, 4) is 0 Å². The van der Waals surface area contributed by atoms with E-state index in [9.17, 15) is 0 Å². The van der Waals surface area contributed by atoms with Crippen LogP contribution in [0.3, 0.4) is 0 Å². The van der Waals surface area contributed by atoms with Gasteiger partial charge in [0, 0.05) is 17.2 Å². The predicted octanol–water partition coefficient (Wildman–Crippen LogP) is 4.01. The summed E-state index contributed by atoms with van der Waals surface area (Å²) >= 11 is 3.51. The van der Waals surface area contributed by atoms with Gasteiger partial charge >= 0.3 is 0 Å². The average molecular weight is 267 g/mol. The van der Waals surface area contributed by atoms with E-state index in [4.69, 9.17) is 0 Å². The van der Waals surface area contributed by atoms with Crippen LogP contribution in [0.25, 0.3) is 10.2 Å². The molecule has 2 aromatic heterocycles. The molecule has 3 nitrogen and oxygen atoms in total. The Balaban J connectivity index is 2.39. The summed E-state index contributed by atoms with van der Waals surface area (Å²) < 4.78 is 0. The number of aromatic nitrogens is 2. The van der Waals surface area contributed by atoms with Gasteiger partial charge in [-0.25, -0.2) is 9.97 Å². The minimum absolute atomic E-state index is 0.586. The third-order valence-corrected chi connectivity index (χ3v) is 4.59. The van der Waals surface area contributed by atoms with E-state index in [1.807, 2.05) is 11.8 Å². The van der Waals surface area contributed by atoms with E-state index in [2.05, 4.69) is 47.5 Å². The highest BCUT2D eigenvalue weighted by Gasteiger charge is 2.11. The molecule has 0 aliphatic rings. The number of hydrogen-bond donors (Lipinski definition) is 1. The molecule has 2 aromatic rings. The fourth-order valence-electron chi connectivity index (χ4n) is 1.43. The van der Waals surface area contributed by atoms with Crippen molar-refractivity contribution >= 4 is 39.3 Å². The number of hydrogen-bond acceptors (Lipinski definition) is 5. The van der Waals surface area contributed by atoms with Crippen LogP contribution in [0.1, 0.15) is 27.2 Å². The molecule has 0 fully saturated rings. The van der Waals surface area contributed by atoms with Crippen molar-refractivity contribution < 1.29 is 0 Å². The summed E-state index contributed by atoms with van der Waals surface area (Å²) in [5.74, 6) is 0.744. The minimum atomic E-state index is 0.586. The molecule has 0 radical (unpaired) electrons. The van der Waals surface area contributed by atoms with E-state index in [0.29, 0.717) is 5.25 Å². The van der Waals surface area contributed by atoms with Crippen LogP contribution < -0.4 is 5.32 Å². The zero-order chi connectivity index (χ0) is 12.3. The van der Waals surface area contributed by atoms with Crippen LogP contribution >= 0.6 is 23.1 Å². The fourth-order valence-corrected chi connectivity index (χ4v) is 3.24. The van der Waals surface area contributed by atoms with Crippen molar-refractivity contribution in [2.75, 3.05) is 11.9 Å². The third-order valence-electron chi connectivity index (χ3n) is 2.51. The summed E-state index contributed by atoms with van der Waals surface area (Å²) in [5, 5.41) is 8.14. The van der Waals surface area contributed by atoms with Gasteiger partial charge in [-0.1, -0.05) is 13.8 Å². The molecule has 1 N–H and O–H groups in total. The van der Waals surface area contributed by atoms with Gasteiger partial charge in [-0.15, -0.1) is 23.1 Å². The van der Waals surface area contributed by atoms with Crippen LogP contribution in [0.5, 0.6) is 0 Å². The zero-order valence-electron chi connectivity index (χ0n) is 10.4. The molecule has 0 spiro atoms. The Labute approximate surface area is 110 Å². The monoisotopic (exact) mass is 267 g/mol. The van der Waals surface area contributed by atoms with Gasteiger partial charge in [-0.3, -0.25) is 0 Å². The van der Waals surface area contributed by atoms with Crippen molar-refractivity contribution in [3.05, 3.63) is 11.4 Å². The summed E-state index contributed by atoms with van der Waals surface area (Å²) in [6.45, 7) is 7.35. The molecule has 17 heavy (non-hydrogen) atoms. The second kappa shape index (κ2) is 5.69. The molecule has 92 valence electrons. The van der Waals surface area contributed by atoms with Crippen LogP contribution in [0.15, 0.2) is 16.5 Å². The van der Waals surface area contributed by atoms with E-state index in [1.165, 1.54) is 5.39 Å². The number of nitrogens with zero attached hydrogens (tertiary/aromatic N) is 2. The van der Waals surface area contributed by atoms with Gasteiger partial charge in [-0.2, -0.15) is 0 Å². The van der Waals surface area contributed by atoms with E-state index in [0.717, 1.165) is 28.8 Å². The first-order chi connectivity index (χ1) is 8.24. The highest BCUT2D eigenvalue weighted by atomic mass is 32.2. The summed E-state index contributed by atoms with van der Waals surface area (Å²) in [6.07, 6.45) is 1.15. The summed E-state index contributed by atoms with van der Waals surface area (Å²) in [6, 6.07) is 2.11. The molecular weight excluding hydrogens is 250 g/mol. The first-order valence-electron chi connectivity index (χ1n) is 5.90. The Morgan fingerprint density at radius 1 is 1.41 bits per heavy atom. The summed E-state index contributed by atoms with van der Waals surface area (Å²) in [7, 11) is 0. The van der Waals surface area contributed by atoms with Crippen molar-refractivity contribution in [2.45, 2.75) is 37.5 Å². The van der Waals surface area contributed by atoms with Gasteiger partial charge in [0.2, 0.25) is 5.95 Å². The second-order valence-corrected chi connectivity index (χ2v) is 6.18. The molecule has 1 unspecified atom stereocenters. The first kappa shape index (κ1) is 12.6. The quantitative estimate of drug-likeness (QED) is 0.656. The number of rotatable bonds is 5. The molecule has 5 heteroatoms.